The summed E-state index contributed by atoms with van der Waals surface area (Å²) in [5.41, 5.74) is 0. The molecular weight excluding hydrogens is 202 g/mol. The Kier molecular flexibility index (Phi) is 5.22. The Balaban J connectivity index is 2.36. The summed E-state index contributed by atoms with van der Waals surface area (Å²) in [5, 5.41) is 3.51. The zero-order valence-corrected chi connectivity index (χ0v) is 11.0. The molecule has 4 heteroatoms. The van der Waals surface area contributed by atoms with Gasteiger partial charge in [-0.25, -0.2) is 0 Å². The van der Waals surface area contributed by atoms with E-state index in [1.807, 2.05) is 14.1 Å². The maximum absolute atomic E-state index is 11.6. The van der Waals surface area contributed by atoms with Crippen molar-refractivity contribution in [2.75, 3.05) is 40.3 Å². The third-order valence-corrected chi connectivity index (χ3v) is 3.31. The van der Waals surface area contributed by atoms with Crippen LogP contribution < -0.4 is 5.32 Å². The number of carbonyl (C=O) groups excluding carboxylic acids is 1. The van der Waals surface area contributed by atoms with Gasteiger partial charge in [-0.1, -0.05) is 13.8 Å². The highest BCUT2D eigenvalue weighted by Crippen LogP contribution is 2.16. The van der Waals surface area contributed by atoms with Crippen molar-refractivity contribution in [2.24, 2.45) is 5.92 Å². The van der Waals surface area contributed by atoms with Crippen molar-refractivity contribution in [1.82, 2.24) is 15.1 Å². The van der Waals surface area contributed by atoms with Gasteiger partial charge in [0.25, 0.3) is 0 Å². The van der Waals surface area contributed by atoms with Crippen molar-refractivity contribution in [3.63, 3.8) is 0 Å². The number of amides is 1. The third kappa shape index (κ3) is 3.76. The van der Waals surface area contributed by atoms with Crippen molar-refractivity contribution < 1.29 is 4.79 Å². The summed E-state index contributed by atoms with van der Waals surface area (Å²) in [7, 11) is 3.63. The Morgan fingerprint density at radius 1 is 1.50 bits per heavy atom. The Hall–Kier alpha value is -0.610. The minimum absolute atomic E-state index is 0.203. The SMILES string of the molecule is CCNC1CCN(CC(=O)N(C)C)CC1C. The van der Waals surface area contributed by atoms with Crippen LogP contribution in [0, 0.1) is 5.92 Å². The molecule has 1 fully saturated rings. The van der Waals surface area contributed by atoms with Crippen LogP contribution in [0.1, 0.15) is 20.3 Å². The highest BCUT2D eigenvalue weighted by atomic mass is 16.2. The molecular formula is C12H25N3O. The summed E-state index contributed by atoms with van der Waals surface area (Å²) in [6.45, 7) is 8.06. The molecule has 4 nitrogen and oxygen atoms in total. The fraction of sp³-hybridized carbons (Fsp3) is 0.917. The van der Waals surface area contributed by atoms with Gasteiger partial charge in [0.1, 0.15) is 0 Å². The van der Waals surface area contributed by atoms with Gasteiger partial charge in [0.15, 0.2) is 0 Å². The number of carbonyl (C=O) groups is 1. The predicted octanol–water partition coefficient (Wildman–Crippen LogP) is 0.395. The lowest BCUT2D eigenvalue weighted by atomic mass is 9.94. The van der Waals surface area contributed by atoms with E-state index in [2.05, 4.69) is 24.1 Å². The lowest BCUT2D eigenvalue weighted by Gasteiger charge is -2.37. The molecule has 1 heterocycles. The Morgan fingerprint density at radius 2 is 2.19 bits per heavy atom. The van der Waals surface area contributed by atoms with Crippen molar-refractivity contribution in [3.05, 3.63) is 0 Å². The topological polar surface area (TPSA) is 35.6 Å². The second kappa shape index (κ2) is 6.21. The fourth-order valence-corrected chi connectivity index (χ4v) is 2.27. The van der Waals surface area contributed by atoms with Crippen molar-refractivity contribution in [2.45, 2.75) is 26.3 Å². The lowest BCUT2D eigenvalue weighted by Crippen LogP contribution is -2.50. The van der Waals surface area contributed by atoms with E-state index in [0.717, 1.165) is 26.1 Å². The third-order valence-electron chi connectivity index (χ3n) is 3.31. The first kappa shape index (κ1) is 13.5. The Morgan fingerprint density at radius 3 is 2.69 bits per heavy atom. The van der Waals surface area contributed by atoms with Crippen LogP contribution in [0.15, 0.2) is 0 Å². The van der Waals surface area contributed by atoms with Crippen LogP contribution in [0.3, 0.4) is 0 Å². The van der Waals surface area contributed by atoms with Gasteiger partial charge in [-0.15, -0.1) is 0 Å². The molecule has 2 atom stereocenters. The first-order valence-electron chi connectivity index (χ1n) is 6.20. The molecule has 0 aromatic carbocycles. The van der Waals surface area contributed by atoms with Gasteiger partial charge >= 0.3 is 0 Å². The number of hydrogen-bond acceptors (Lipinski definition) is 3. The average molecular weight is 227 g/mol. The molecule has 2 unspecified atom stereocenters. The molecule has 1 N–H and O–H groups in total. The summed E-state index contributed by atoms with van der Waals surface area (Å²) < 4.78 is 0. The lowest BCUT2D eigenvalue weighted by molar-refractivity contribution is -0.130. The van der Waals surface area contributed by atoms with Gasteiger partial charge < -0.3 is 10.2 Å². The summed E-state index contributed by atoms with van der Waals surface area (Å²) in [6.07, 6.45) is 1.15. The predicted molar refractivity (Wildman–Crippen MR) is 66.4 cm³/mol. The average Bonchev–Trinajstić information content (AvgIpc) is 2.22. The van der Waals surface area contributed by atoms with Gasteiger partial charge in [-0.2, -0.15) is 0 Å². The quantitative estimate of drug-likeness (QED) is 0.755. The van der Waals surface area contributed by atoms with Crippen LogP contribution in [-0.2, 0) is 4.79 Å². The maximum atomic E-state index is 11.6. The number of hydrogen-bond donors (Lipinski definition) is 1. The number of likely N-dealkylation sites (N-methyl/N-ethyl adjacent to an activating group) is 1. The molecule has 1 aliphatic heterocycles. The molecule has 0 spiro atoms. The number of likely N-dealkylation sites (tertiary alicyclic amines) is 1. The number of piperidine rings is 1. The van der Waals surface area contributed by atoms with Gasteiger partial charge in [0, 0.05) is 33.2 Å². The van der Waals surface area contributed by atoms with E-state index in [9.17, 15) is 4.79 Å². The van der Waals surface area contributed by atoms with E-state index in [4.69, 9.17) is 0 Å². The first-order valence-corrected chi connectivity index (χ1v) is 6.20. The molecule has 1 saturated heterocycles. The van der Waals surface area contributed by atoms with E-state index in [1.54, 1.807) is 4.90 Å². The molecule has 1 aliphatic rings. The van der Waals surface area contributed by atoms with Crippen LogP contribution in [0.4, 0.5) is 0 Å². The fourth-order valence-electron chi connectivity index (χ4n) is 2.27. The minimum Gasteiger partial charge on any atom is -0.348 e. The van der Waals surface area contributed by atoms with Gasteiger partial charge in [0.2, 0.25) is 5.91 Å². The van der Waals surface area contributed by atoms with E-state index in [0.29, 0.717) is 18.5 Å². The van der Waals surface area contributed by atoms with E-state index in [-0.39, 0.29) is 5.91 Å². The molecule has 1 amide bonds. The highest BCUT2D eigenvalue weighted by Gasteiger charge is 2.26. The van der Waals surface area contributed by atoms with Crippen LogP contribution in [-0.4, -0.2) is 62.0 Å². The molecule has 94 valence electrons. The first-order chi connectivity index (χ1) is 7.54. The zero-order chi connectivity index (χ0) is 12.1. The van der Waals surface area contributed by atoms with Crippen LogP contribution in [0.25, 0.3) is 0 Å². The number of nitrogens with one attached hydrogen (secondary N) is 1. The van der Waals surface area contributed by atoms with Crippen molar-refractivity contribution in [1.29, 1.82) is 0 Å². The molecule has 0 aliphatic carbocycles. The van der Waals surface area contributed by atoms with Crippen molar-refractivity contribution in [3.8, 4) is 0 Å². The summed E-state index contributed by atoms with van der Waals surface area (Å²) in [6, 6.07) is 0.621. The maximum Gasteiger partial charge on any atom is 0.236 e. The van der Waals surface area contributed by atoms with Crippen LogP contribution >= 0.6 is 0 Å². The number of rotatable bonds is 4. The summed E-state index contributed by atoms with van der Waals surface area (Å²) in [5.74, 6) is 0.831. The minimum atomic E-state index is 0.203. The normalized spacial score (nSPS) is 26.8. The molecule has 0 aromatic rings. The van der Waals surface area contributed by atoms with Gasteiger partial charge in [-0.3, -0.25) is 9.69 Å². The monoisotopic (exact) mass is 227 g/mol. The molecule has 0 bridgehead atoms. The molecule has 0 saturated carbocycles. The Labute approximate surface area is 99.0 Å². The van der Waals surface area contributed by atoms with Gasteiger partial charge in [-0.05, 0) is 18.9 Å². The van der Waals surface area contributed by atoms with Crippen molar-refractivity contribution >= 4 is 5.91 Å². The van der Waals surface area contributed by atoms with E-state index in [1.165, 1.54) is 0 Å². The zero-order valence-electron chi connectivity index (χ0n) is 11.0. The number of nitrogens with zero attached hydrogens (tertiary/aromatic N) is 2. The highest BCUT2D eigenvalue weighted by molar-refractivity contribution is 5.77. The largest absolute Gasteiger partial charge is 0.348 e. The molecule has 1 rings (SSSR count). The van der Waals surface area contributed by atoms with Crippen LogP contribution in [0.5, 0.6) is 0 Å². The molecule has 16 heavy (non-hydrogen) atoms. The smallest absolute Gasteiger partial charge is 0.236 e. The van der Waals surface area contributed by atoms with Gasteiger partial charge in [0.05, 0.1) is 6.54 Å². The summed E-state index contributed by atoms with van der Waals surface area (Å²) in [4.78, 5) is 15.5. The van der Waals surface area contributed by atoms with E-state index >= 15 is 0 Å². The second-order valence-electron chi connectivity index (χ2n) is 4.95. The second-order valence-corrected chi connectivity index (χ2v) is 4.95. The molecule has 0 radical (unpaired) electrons. The molecule has 0 aromatic heterocycles. The van der Waals surface area contributed by atoms with Crippen LogP contribution in [0.2, 0.25) is 0 Å². The van der Waals surface area contributed by atoms with E-state index < -0.39 is 0 Å². The summed E-state index contributed by atoms with van der Waals surface area (Å²) >= 11 is 0. The Bertz CT molecular complexity index is 230. The standard InChI is InChI=1S/C12H25N3O/c1-5-13-11-6-7-15(8-10(11)2)9-12(16)14(3)4/h10-11,13H,5-9H2,1-4H3.